The topological polar surface area (TPSA) is 80.8 Å². The van der Waals surface area contributed by atoms with E-state index < -0.39 is 21.9 Å². The molecule has 160 valence electrons. The summed E-state index contributed by atoms with van der Waals surface area (Å²) in [6, 6.07) is 7.17. The molecule has 1 amide bonds. The third-order valence-electron chi connectivity index (χ3n) is 6.13. The molecule has 1 aliphatic heterocycles. The van der Waals surface area contributed by atoms with Gasteiger partial charge >= 0.3 is 5.97 Å². The van der Waals surface area contributed by atoms with Crippen LogP contribution in [0.2, 0.25) is 0 Å². The molecular weight excluding hydrogens is 390 g/mol. The molecule has 1 saturated carbocycles. The number of carbonyl (C=O) groups is 2. The first kappa shape index (κ1) is 21.8. The number of benzene rings is 1. The van der Waals surface area contributed by atoms with E-state index in [9.17, 15) is 18.0 Å². The Bertz CT molecular complexity index is 827. The van der Waals surface area contributed by atoms with Gasteiger partial charge in [-0.2, -0.15) is 0 Å². The van der Waals surface area contributed by atoms with Crippen LogP contribution in [-0.2, 0) is 19.4 Å². The fraction of sp³-hybridized carbons (Fsp3) is 0.636. The molecule has 0 N–H and O–H groups in total. The summed E-state index contributed by atoms with van der Waals surface area (Å²) in [5.74, 6) is -0.230. The van der Waals surface area contributed by atoms with Gasteiger partial charge in [-0.25, -0.2) is 13.2 Å². The number of nitrogens with zero attached hydrogens (tertiary/aromatic N) is 1. The first-order valence-electron chi connectivity index (χ1n) is 10.6. The van der Waals surface area contributed by atoms with E-state index in [-0.39, 0.29) is 23.5 Å². The van der Waals surface area contributed by atoms with Gasteiger partial charge in [-0.1, -0.05) is 31.4 Å². The van der Waals surface area contributed by atoms with E-state index in [0.717, 1.165) is 0 Å². The normalized spacial score (nSPS) is 22.8. The molecule has 29 heavy (non-hydrogen) atoms. The van der Waals surface area contributed by atoms with E-state index in [2.05, 4.69) is 0 Å². The van der Waals surface area contributed by atoms with Gasteiger partial charge in [0, 0.05) is 12.6 Å². The van der Waals surface area contributed by atoms with Crippen molar-refractivity contribution < 1.29 is 22.7 Å². The lowest BCUT2D eigenvalue weighted by Gasteiger charge is -2.29. The van der Waals surface area contributed by atoms with Crippen molar-refractivity contribution in [3.63, 3.8) is 0 Å². The number of esters is 1. The summed E-state index contributed by atoms with van der Waals surface area (Å²) >= 11 is 0. The highest BCUT2D eigenvalue weighted by atomic mass is 32.2. The molecule has 6 nitrogen and oxygen atoms in total. The molecule has 1 aromatic rings. The Hall–Kier alpha value is -1.89. The van der Waals surface area contributed by atoms with Gasteiger partial charge in [0.2, 0.25) is 0 Å². The molecule has 0 bridgehead atoms. The van der Waals surface area contributed by atoms with Crippen LogP contribution < -0.4 is 0 Å². The van der Waals surface area contributed by atoms with Crippen LogP contribution in [0.5, 0.6) is 0 Å². The second-order valence-corrected chi connectivity index (χ2v) is 10.4. The molecule has 0 spiro atoms. The van der Waals surface area contributed by atoms with Crippen molar-refractivity contribution in [3.05, 3.63) is 35.4 Å². The van der Waals surface area contributed by atoms with Gasteiger partial charge in [-0.15, -0.1) is 0 Å². The second-order valence-electron chi connectivity index (χ2n) is 8.19. The monoisotopic (exact) mass is 421 g/mol. The van der Waals surface area contributed by atoms with Crippen LogP contribution in [0.25, 0.3) is 0 Å². The quantitative estimate of drug-likeness (QED) is 0.658. The van der Waals surface area contributed by atoms with Crippen molar-refractivity contribution in [2.24, 2.45) is 0 Å². The summed E-state index contributed by atoms with van der Waals surface area (Å²) in [4.78, 5) is 26.8. The molecule has 0 aromatic heterocycles. The standard InChI is InChI=1S/C22H31NO5S/c1-3-23(20-13-14-29(26,27)15-20)21(24)16(2)28-22(25)19-11-9-18(10-12-19)17-7-5-4-6-8-17/h9-12,16-17,20H,3-8,13-15H2,1-2H3/t16-,20-/m0/s1. The third-order valence-corrected chi connectivity index (χ3v) is 7.88. The number of rotatable bonds is 6. The molecule has 2 fully saturated rings. The molecule has 2 atom stereocenters. The minimum atomic E-state index is -3.09. The van der Waals surface area contributed by atoms with E-state index >= 15 is 0 Å². The minimum Gasteiger partial charge on any atom is -0.449 e. The average Bonchev–Trinajstić information content (AvgIpc) is 3.08. The van der Waals surface area contributed by atoms with Crippen molar-refractivity contribution in [3.8, 4) is 0 Å². The predicted molar refractivity (Wildman–Crippen MR) is 112 cm³/mol. The van der Waals surface area contributed by atoms with E-state index in [1.165, 1.54) is 42.6 Å². The Balaban J connectivity index is 1.59. The van der Waals surface area contributed by atoms with Crippen LogP contribution in [0, 0.1) is 0 Å². The molecule has 1 saturated heterocycles. The Morgan fingerprint density at radius 2 is 1.76 bits per heavy atom. The minimum absolute atomic E-state index is 0.0180. The van der Waals surface area contributed by atoms with Crippen LogP contribution in [-0.4, -0.2) is 55.4 Å². The SMILES string of the molecule is CCN(C(=O)[C@H](C)OC(=O)c1ccc(C2CCCCC2)cc1)[C@H]1CCS(=O)(=O)C1. The maximum Gasteiger partial charge on any atom is 0.338 e. The largest absolute Gasteiger partial charge is 0.449 e. The maximum atomic E-state index is 12.8. The van der Waals surface area contributed by atoms with Gasteiger partial charge in [0.15, 0.2) is 15.9 Å². The molecule has 0 radical (unpaired) electrons. The molecule has 1 aliphatic carbocycles. The van der Waals surface area contributed by atoms with E-state index in [1.807, 2.05) is 12.1 Å². The van der Waals surface area contributed by atoms with Crippen LogP contribution >= 0.6 is 0 Å². The van der Waals surface area contributed by atoms with E-state index in [4.69, 9.17) is 4.74 Å². The van der Waals surface area contributed by atoms with E-state index in [1.54, 1.807) is 26.0 Å². The Labute approximate surface area is 173 Å². The highest BCUT2D eigenvalue weighted by Gasteiger charge is 2.36. The zero-order valence-corrected chi connectivity index (χ0v) is 18.1. The number of amides is 1. The number of ether oxygens (including phenoxy) is 1. The van der Waals surface area contributed by atoms with Crippen LogP contribution in [0.1, 0.15) is 74.2 Å². The lowest BCUT2D eigenvalue weighted by Crippen LogP contribution is -2.46. The van der Waals surface area contributed by atoms with Crippen molar-refractivity contribution in [1.82, 2.24) is 4.90 Å². The van der Waals surface area contributed by atoms with Crippen LogP contribution in [0.15, 0.2) is 24.3 Å². The zero-order chi connectivity index (χ0) is 21.0. The number of likely N-dealkylation sites (N-methyl/N-ethyl adjacent to an activating group) is 1. The maximum absolute atomic E-state index is 12.8. The molecular formula is C22H31NO5S. The van der Waals surface area contributed by atoms with Gasteiger partial charge in [-0.3, -0.25) is 4.79 Å². The summed E-state index contributed by atoms with van der Waals surface area (Å²) in [6.45, 7) is 3.74. The fourth-order valence-electron chi connectivity index (χ4n) is 4.45. The summed E-state index contributed by atoms with van der Waals surface area (Å²) in [5, 5.41) is 0. The first-order chi connectivity index (χ1) is 13.8. The number of sulfone groups is 1. The van der Waals surface area contributed by atoms with E-state index in [0.29, 0.717) is 24.4 Å². The van der Waals surface area contributed by atoms with Crippen LogP contribution in [0.3, 0.4) is 0 Å². The van der Waals surface area contributed by atoms with Crippen molar-refractivity contribution in [1.29, 1.82) is 0 Å². The smallest absolute Gasteiger partial charge is 0.338 e. The average molecular weight is 422 g/mol. The van der Waals surface area contributed by atoms with Crippen molar-refractivity contribution in [2.45, 2.75) is 70.4 Å². The van der Waals surface area contributed by atoms with Gasteiger partial charge in [0.05, 0.1) is 17.1 Å². The molecule has 2 aliphatic rings. The number of hydrogen-bond acceptors (Lipinski definition) is 5. The van der Waals surface area contributed by atoms with Gasteiger partial charge in [0.1, 0.15) is 0 Å². The predicted octanol–water partition coefficient (Wildman–Crippen LogP) is 3.32. The number of carbonyl (C=O) groups excluding carboxylic acids is 2. The summed E-state index contributed by atoms with van der Waals surface area (Å²) in [7, 11) is -3.09. The van der Waals surface area contributed by atoms with Crippen molar-refractivity contribution in [2.75, 3.05) is 18.1 Å². The lowest BCUT2D eigenvalue weighted by molar-refractivity contribution is -0.141. The van der Waals surface area contributed by atoms with Crippen LogP contribution in [0.4, 0.5) is 0 Å². The lowest BCUT2D eigenvalue weighted by atomic mass is 9.84. The molecule has 0 unspecified atom stereocenters. The highest BCUT2D eigenvalue weighted by Crippen LogP contribution is 2.32. The first-order valence-corrected chi connectivity index (χ1v) is 12.4. The third kappa shape index (κ3) is 5.38. The number of hydrogen-bond donors (Lipinski definition) is 0. The fourth-order valence-corrected chi connectivity index (χ4v) is 6.19. The zero-order valence-electron chi connectivity index (χ0n) is 17.3. The van der Waals surface area contributed by atoms with Gasteiger partial charge in [0.25, 0.3) is 5.91 Å². The molecule has 3 rings (SSSR count). The summed E-state index contributed by atoms with van der Waals surface area (Å²) in [5.41, 5.74) is 1.68. The van der Waals surface area contributed by atoms with Gasteiger partial charge in [-0.05, 0) is 56.7 Å². The Morgan fingerprint density at radius 1 is 1.10 bits per heavy atom. The molecule has 1 aromatic carbocycles. The van der Waals surface area contributed by atoms with Crippen molar-refractivity contribution >= 4 is 21.7 Å². The molecule has 7 heteroatoms. The highest BCUT2D eigenvalue weighted by molar-refractivity contribution is 7.91. The second kappa shape index (κ2) is 9.28. The van der Waals surface area contributed by atoms with Gasteiger partial charge < -0.3 is 9.64 Å². The Kier molecular flexibility index (Phi) is 6.98. The molecule has 1 heterocycles. The summed E-state index contributed by atoms with van der Waals surface area (Å²) < 4.78 is 28.9. The Morgan fingerprint density at radius 3 is 2.31 bits per heavy atom. The summed E-state index contributed by atoms with van der Waals surface area (Å²) in [6.07, 6.45) is 5.68.